The fourth-order valence-corrected chi connectivity index (χ4v) is 7.76. The number of ether oxygens (including phenoxy) is 3. The number of unbranched alkanes of at least 4 members (excludes halogenated alkanes) is 19. The maximum absolute atomic E-state index is 9.20. The molecule has 3 aromatic rings. The fourth-order valence-electron chi connectivity index (χ4n) is 7.76. The molecule has 5 nitrogen and oxygen atoms in total. The largest absolute Gasteiger partial charge is 0.497 e. The molecule has 0 atom stereocenters. The summed E-state index contributed by atoms with van der Waals surface area (Å²) >= 11 is 0. The standard InChI is InChI=1S/C49H77NO4/c1-4-5-6-7-8-9-10-11-12-13-14-15-16-24-39-50(40-25-17-19-27-42-51)41-26-18-20-28-43-54-49(44-29-22-21-23-30-44,45-31-35-47(52-2)36-32-45)46-33-37-48(53-3)38-34-46/h21-23,29-38,51H,4-20,24-28,39-43H2,1-3H3. The van der Waals surface area contributed by atoms with Gasteiger partial charge in [-0.3, -0.25) is 0 Å². The zero-order chi connectivity index (χ0) is 38.4. The number of rotatable bonds is 34. The summed E-state index contributed by atoms with van der Waals surface area (Å²) in [6.07, 6.45) is 28.9. The van der Waals surface area contributed by atoms with E-state index in [9.17, 15) is 5.11 Å². The van der Waals surface area contributed by atoms with Crippen molar-refractivity contribution in [2.45, 2.75) is 154 Å². The van der Waals surface area contributed by atoms with Crippen molar-refractivity contribution in [1.82, 2.24) is 4.90 Å². The molecule has 0 aliphatic heterocycles. The Morgan fingerprint density at radius 2 is 0.815 bits per heavy atom. The number of nitrogens with zero attached hydrogens (tertiary/aromatic N) is 1. The van der Waals surface area contributed by atoms with Crippen LogP contribution in [0, 0.1) is 0 Å². The predicted molar refractivity (Wildman–Crippen MR) is 229 cm³/mol. The third-order valence-corrected chi connectivity index (χ3v) is 11.1. The van der Waals surface area contributed by atoms with Gasteiger partial charge in [-0.1, -0.05) is 171 Å². The third-order valence-electron chi connectivity index (χ3n) is 11.1. The number of aliphatic hydroxyl groups excluding tert-OH is 1. The Hall–Kier alpha value is -2.86. The van der Waals surface area contributed by atoms with Crippen LogP contribution in [0.1, 0.15) is 165 Å². The molecule has 0 unspecified atom stereocenters. The molecule has 0 aromatic heterocycles. The number of methoxy groups -OCH3 is 2. The first kappa shape index (κ1) is 45.5. The average Bonchev–Trinajstić information content (AvgIpc) is 3.22. The Morgan fingerprint density at radius 3 is 1.22 bits per heavy atom. The summed E-state index contributed by atoms with van der Waals surface area (Å²) in [7, 11) is 3.41. The molecule has 0 saturated heterocycles. The van der Waals surface area contributed by atoms with Gasteiger partial charge in [0.2, 0.25) is 0 Å². The third kappa shape index (κ3) is 17.3. The maximum Gasteiger partial charge on any atom is 0.143 e. The summed E-state index contributed by atoms with van der Waals surface area (Å²) < 4.78 is 18.1. The first-order valence-electron chi connectivity index (χ1n) is 22.0. The zero-order valence-electron chi connectivity index (χ0n) is 34.7. The summed E-state index contributed by atoms with van der Waals surface area (Å²) in [5.41, 5.74) is 2.52. The van der Waals surface area contributed by atoms with Crippen LogP contribution in [0.15, 0.2) is 78.9 Å². The molecule has 0 aliphatic carbocycles. The first-order chi connectivity index (χ1) is 26.7. The molecule has 0 spiro atoms. The monoisotopic (exact) mass is 744 g/mol. The van der Waals surface area contributed by atoms with E-state index in [1.807, 2.05) is 24.3 Å². The molecule has 302 valence electrons. The van der Waals surface area contributed by atoms with Gasteiger partial charge in [0.25, 0.3) is 0 Å². The van der Waals surface area contributed by atoms with Crippen molar-refractivity contribution in [1.29, 1.82) is 0 Å². The van der Waals surface area contributed by atoms with Gasteiger partial charge in [0.1, 0.15) is 17.1 Å². The molecule has 0 radical (unpaired) electrons. The van der Waals surface area contributed by atoms with Crippen molar-refractivity contribution < 1.29 is 19.3 Å². The van der Waals surface area contributed by atoms with Gasteiger partial charge < -0.3 is 24.2 Å². The van der Waals surface area contributed by atoms with E-state index in [-0.39, 0.29) is 0 Å². The van der Waals surface area contributed by atoms with Crippen LogP contribution in [0.5, 0.6) is 11.5 Å². The summed E-state index contributed by atoms with van der Waals surface area (Å²) in [6, 6.07) is 27.2. The van der Waals surface area contributed by atoms with Gasteiger partial charge in [0.05, 0.1) is 14.2 Å². The van der Waals surface area contributed by atoms with Crippen LogP contribution in [0.3, 0.4) is 0 Å². The summed E-state index contributed by atoms with van der Waals surface area (Å²) in [6.45, 7) is 6.89. The minimum absolute atomic E-state index is 0.319. The van der Waals surface area contributed by atoms with Crippen LogP contribution >= 0.6 is 0 Å². The van der Waals surface area contributed by atoms with Crippen LogP contribution in [-0.4, -0.2) is 57.1 Å². The fraction of sp³-hybridized carbons (Fsp3) is 0.633. The van der Waals surface area contributed by atoms with E-state index in [4.69, 9.17) is 14.2 Å². The molecule has 3 rings (SSSR count). The predicted octanol–water partition coefficient (Wildman–Crippen LogP) is 12.9. The second-order valence-corrected chi connectivity index (χ2v) is 15.3. The molecule has 0 aliphatic rings. The van der Waals surface area contributed by atoms with Crippen LogP contribution < -0.4 is 9.47 Å². The lowest BCUT2D eigenvalue weighted by molar-refractivity contribution is 0.0105. The number of hydrogen-bond acceptors (Lipinski definition) is 5. The lowest BCUT2D eigenvalue weighted by atomic mass is 9.80. The smallest absolute Gasteiger partial charge is 0.143 e. The van der Waals surface area contributed by atoms with Crippen molar-refractivity contribution in [3.05, 3.63) is 95.6 Å². The Labute approximate surface area is 331 Å². The second kappa shape index (κ2) is 29.4. The van der Waals surface area contributed by atoms with Crippen molar-refractivity contribution in [3.63, 3.8) is 0 Å². The first-order valence-corrected chi connectivity index (χ1v) is 22.0. The summed E-state index contributed by atoms with van der Waals surface area (Å²) in [4.78, 5) is 2.73. The second-order valence-electron chi connectivity index (χ2n) is 15.3. The Balaban J connectivity index is 1.45. The van der Waals surface area contributed by atoms with Gasteiger partial charge in [0.15, 0.2) is 0 Å². The quantitative estimate of drug-likeness (QED) is 0.0487. The highest BCUT2D eigenvalue weighted by Gasteiger charge is 2.37. The highest BCUT2D eigenvalue weighted by Crippen LogP contribution is 2.41. The van der Waals surface area contributed by atoms with Crippen LogP contribution in [-0.2, 0) is 10.3 Å². The van der Waals surface area contributed by atoms with E-state index in [0.717, 1.165) is 53.9 Å². The molecule has 54 heavy (non-hydrogen) atoms. The molecule has 0 bridgehead atoms. The molecule has 0 saturated carbocycles. The number of aliphatic hydroxyl groups is 1. The van der Waals surface area contributed by atoms with Crippen LogP contribution in [0.4, 0.5) is 0 Å². The van der Waals surface area contributed by atoms with Crippen molar-refractivity contribution in [3.8, 4) is 11.5 Å². The van der Waals surface area contributed by atoms with Crippen molar-refractivity contribution in [2.24, 2.45) is 0 Å². The topological polar surface area (TPSA) is 51.2 Å². The van der Waals surface area contributed by atoms with E-state index in [2.05, 4.69) is 66.4 Å². The van der Waals surface area contributed by atoms with Crippen molar-refractivity contribution >= 4 is 0 Å². The van der Waals surface area contributed by atoms with Gasteiger partial charge in [-0.15, -0.1) is 0 Å². The number of benzene rings is 3. The molecule has 0 heterocycles. The van der Waals surface area contributed by atoms with Gasteiger partial charge in [-0.2, -0.15) is 0 Å². The highest BCUT2D eigenvalue weighted by atomic mass is 16.5. The molecule has 0 amide bonds. The summed E-state index contributed by atoms with van der Waals surface area (Å²) in [5, 5.41) is 9.20. The normalized spacial score (nSPS) is 11.7. The highest BCUT2D eigenvalue weighted by molar-refractivity contribution is 5.49. The Kier molecular flexibility index (Phi) is 24.8. The minimum Gasteiger partial charge on any atom is -0.497 e. The van der Waals surface area contributed by atoms with E-state index < -0.39 is 5.60 Å². The molecule has 0 fully saturated rings. The Morgan fingerprint density at radius 1 is 0.444 bits per heavy atom. The van der Waals surface area contributed by atoms with Crippen molar-refractivity contribution in [2.75, 3.05) is 47.1 Å². The zero-order valence-corrected chi connectivity index (χ0v) is 34.7. The van der Waals surface area contributed by atoms with Crippen LogP contribution in [0.25, 0.3) is 0 Å². The van der Waals surface area contributed by atoms with Gasteiger partial charge in [-0.25, -0.2) is 0 Å². The van der Waals surface area contributed by atoms with E-state index in [1.54, 1.807) is 14.2 Å². The molecule has 5 heteroatoms. The van der Waals surface area contributed by atoms with Crippen LogP contribution in [0.2, 0.25) is 0 Å². The van der Waals surface area contributed by atoms with E-state index in [1.165, 1.54) is 135 Å². The lowest BCUT2D eigenvalue weighted by Gasteiger charge is -2.36. The Bertz CT molecular complexity index is 1230. The molecule has 3 aromatic carbocycles. The van der Waals surface area contributed by atoms with Gasteiger partial charge >= 0.3 is 0 Å². The molecular weight excluding hydrogens is 667 g/mol. The lowest BCUT2D eigenvalue weighted by Crippen LogP contribution is -2.33. The molecule has 1 N–H and O–H groups in total. The van der Waals surface area contributed by atoms with Gasteiger partial charge in [0, 0.05) is 13.2 Å². The van der Waals surface area contributed by atoms with Gasteiger partial charge in [-0.05, 0) is 92.7 Å². The number of hydrogen-bond donors (Lipinski definition) is 1. The average molecular weight is 744 g/mol. The van der Waals surface area contributed by atoms with E-state index >= 15 is 0 Å². The van der Waals surface area contributed by atoms with E-state index in [0.29, 0.717) is 13.2 Å². The summed E-state index contributed by atoms with van der Waals surface area (Å²) in [5.74, 6) is 1.66. The SMILES string of the molecule is CCCCCCCCCCCCCCCCN(CCCCCCO)CCCCCCOC(c1ccccc1)(c1ccc(OC)cc1)c1ccc(OC)cc1. The molecular formula is C49H77NO4. The maximum atomic E-state index is 9.20. The minimum atomic E-state index is -0.750.